The van der Waals surface area contributed by atoms with Crippen LogP contribution < -0.4 is 20.8 Å². The molecule has 0 amide bonds. The second kappa shape index (κ2) is 11.8. The third-order valence-electron chi connectivity index (χ3n) is 13.3. The van der Waals surface area contributed by atoms with Gasteiger partial charge in [-0.25, -0.2) is 0 Å². The van der Waals surface area contributed by atoms with Crippen LogP contribution in [0.3, 0.4) is 0 Å². The molecule has 0 saturated carbocycles. The molecule has 0 radical (unpaired) electrons. The Kier molecular flexibility index (Phi) is 7.30. The Bertz CT molecular complexity index is 2640. The lowest BCUT2D eigenvalue weighted by atomic mass is 9.63. The number of rotatable bonds is 3. The van der Waals surface area contributed by atoms with Crippen molar-refractivity contribution in [3.8, 4) is 0 Å². The SMILES string of the molecule is CC1(C)c2ccccc2C(c2cc3c(cc2N2c4ccccc4C(C)(C)c4ccccc42)P(=O)(c2ccccc2)c2ccccc2C3(C)C)c2ccccc21. The Labute approximate surface area is 325 Å². The van der Waals surface area contributed by atoms with Gasteiger partial charge in [-0.15, -0.1) is 0 Å². The first-order valence-electron chi connectivity index (χ1n) is 19.6. The highest BCUT2D eigenvalue weighted by molar-refractivity contribution is 7.85. The van der Waals surface area contributed by atoms with E-state index in [9.17, 15) is 0 Å². The summed E-state index contributed by atoms with van der Waals surface area (Å²) in [6.07, 6.45) is 0. The van der Waals surface area contributed by atoms with Gasteiger partial charge < -0.3 is 9.46 Å². The van der Waals surface area contributed by atoms with Crippen molar-refractivity contribution in [2.75, 3.05) is 4.90 Å². The van der Waals surface area contributed by atoms with E-state index in [-0.39, 0.29) is 16.7 Å². The first-order valence-corrected chi connectivity index (χ1v) is 21.3. The smallest absolute Gasteiger partial charge is 0.171 e. The van der Waals surface area contributed by atoms with Crippen molar-refractivity contribution in [1.29, 1.82) is 0 Å². The van der Waals surface area contributed by atoms with E-state index in [2.05, 4.69) is 192 Å². The van der Waals surface area contributed by atoms with Gasteiger partial charge in [0.1, 0.15) is 0 Å². The summed E-state index contributed by atoms with van der Waals surface area (Å²) in [5.41, 5.74) is 14.0. The van der Waals surface area contributed by atoms with E-state index in [0.717, 1.165) is 44.1 Å². The fraction of sp³-hybridized carbons (Fsp3) is 0.192. The molecule has 0 fully saturated rings. The van der Waals surface area contributed by atoms with E-state index in [4.69, 9.17) is 0 Å². The third kappa shape index (κ3) is 4.59. The largest absolute Gasteiger partial charge is 0.310 e. The van der Waals surface area contributed by atoms with Crippen LogP contribution in [0.25, 0.3) is 0 Å². The van der Waals surface area contributed by atoms with Crippen LogP contribution in [0, 0.1) is 0 Å². The first kappa shape index (κ1) is 34.1. The van der Waals surface area contributed by atoms with Gasteiger partial charge in [-0.05, 0) is 68.3 Å². The molecule has 270 valence electrons. The Hall–Kier alpha value is -5.43. The van der Waals surface area contributed by atoms with Gasteiger partial charge in [-0.1, -0.05) is 187 Å². The molecular formula is C52H46NOP. The molecule has 7 aromatic rings. The number of hydrogen-bond acceptors (Lipinski definition) is 2. The number of hydrogen-bond donors (Lipinski definition) is 0. The molecule has 0 spiro atoms. The Morgan fingerprint density at radius 1 is 0.400 bits per heavy atom. The minimum Gasteiger partial charge on any atom is -0.310 e. The van der Waals surface area contributed by atoms with E-state index in [0.29, 0.717) is 0 Å². The van der Waals surface area contributed by atoms with Gasteiger partial charge in [0.25, 0.3) is 0 Å². The molecule has 7 aromatic carbocycles. The van der Waals surface area contributed by atoms with Gasteiger partial charge >= 0.3 is 0 Å². The summed E-state index contributed by atoms with van der Waals surface area (Å²) in [4.78, 5) is 2.50. The number of benzene rings is 7. The van der Waals surface area contributed by atoms with Gasteiger partial charge in [-0.2, -0.15) is 0 Å². The Morgan fingerprint density at radius 2 is 0.836 bits per heavy atom. The monoisotopic (exact) mass is 731 g/mol. The van der Waals surface area contributed by atoms with Crippen molar-refractivity contribution >= 4 is 40.1 Å². The fourth-order valence-corrected chi connectivity index (χ4v) is 13.8. The molecule has 3 heteroatoms. The zero-order valence-corrected chi connectivity index (χ0v) is 33.4. The lowest BCUT2D eigenvalue weighted by Gasteiger charge is -2.46. The first-order chi connectivity index (χ1) is 26.5. The summed E-state index contributed by atoms with van der Waals surface area (Å²) in [6.45, 7) is 14.1. The molecule has 0 aromatic heterocycles. The average molecular weight is 732 g/mol. The maximum absolute atomic E-state index is 16.5. The molecule has 3 aliphatic rings. The number of fused-ring (bicyclic) bond motifs is 6. The van der Waals surface area contributed by atoms with Crippen LogP contribution in [-0.2, 0) is 20.8 Å². The standard InChI is InChI=1S/C52H46NOP/c1-50(2)38-24-12-10-22-35(38)49(36-23-11-13-25-39(36)50)37-32-43-48(55(54,34-20-8-7-9-21-34)47-31-19-16-28-42(47)52(43,5)6)33-46(37)53-44-29-17-14-26-40(44)51(3,4)41-27-15-18-30-45(41)53/h7-33,49H,1-6H3. The van der Waals surface area contributed by atoms with Gasteiger partial charge in [0.15, 0.2) is 7.14 Å². The summed E-state index contributed by atoms with van der Waals surface area (Å²) in [5, 5.41) is 2.74. The lowest BCUT2D eigenvalue weighted by Crippen LogP contribution is -2.43. The Balaban J connectivity index is 1.39. The van der Waals surface area contributed by atoms with Gasteiger partial charge in [-0.3, -0.25) is 0 Å². The summed E-state index contributed by atoms with van der Waals surface area (Å²) in [5.74, 6) is -0.0564. The second-order valence-electron chi connectivity index (χ2n) is 17.2. The molecule has 55 heavy (non-hydrogen) atoms. The normalized spacial score (nSPS) is 19.6. The maximum Gasteiger partial charge on any atom is 0.171 e. The van der Waals surface area contributed by atoms with Crippen LogP contribution in [0.4, 0.5) is 17.1 Å². The second-order valence-corrected chi connectivity index (χ2v) is 19.9. The molecule has 2 nitrogen and oxygen atoms in total. The van der Waals surface area contributed by atoms with Crippen LogP contribution >= 0.6 is 7.14 Å². The van der Waals surface area contributed by atoms with Crippen LogP contribution in [0.15, 0.2) is 164 Å². The van der Waals surface area contributed by atoms with Crippen molar-refractivity contribution in [2.24, 2.45) is 0 Å². The highest BCUT2D eigenvalue weighted by Crippen LogP contribution is 2.59. The van der Waals surface area contributed by atoms with E-state index < -0.39 is 12.6 Å². The van der Waals surface area contributed by atoms with E-state index in [1.165, 1.54) is 38.9 Å². The molecule has 1 aliphatic carbocycles. The predicted octanol–water partition coefficient (Wildman–Crippen LogP) is 11.9. The third-order valence-corrected chi connectivity index (χ3v) is 16.4. The van der Waals surface area contributed by atoms with Crippen molar-refractivity contribution in [3.63, 3.8) is 0 Å². The topological polar surface area (TPSA) is 20.3 Å². The molecule has 0 bridgehead atoms. The van der Waals surface area contributed by atoms with E-state index in [1.807, 2.05) is 18.2 Å². The average Bonchev–Trinajstić information content (AvgIpc) is 3.21. The fourth-order valence-electron chi connectivity index (χ4n) is 10.5. The van der Waals surface area contributed by atoms with Crippen LogP contribution in [0.1, 0.15) is 97.5 Å². The minimum atomic E-state index is -3.34. The summed E-state index contributed by atoms with van der Waals surface area (Å²) in [6, 6.07) is 59.4. The summed E-state index contributed by atoms with van der Waals surface area (Å²) >= 11 is 0. The molecule has 2 heterocycles. The van der Waals surface area contributed by atoms with Gasteiger partial charge in [0.2, 0.25) is 0 Å². The van der Waals surface area contributed by atoms with Crippen molar-refractivity contribution in [3.05, 3.63) is 214 Å². The van der Waals surface area contributed by atoms with Crippen LogP contribution in [-0.4, -0.2) is 0 Å². The van der Waals surface area contributed by atoms with Crippen LogP contribution in [0.2, 0.25) is 0 Å². The molecule has 0 saturated heterocycles. The van der Waals surface area contributed by atoms with E-state index in [1.54, 1.807) is 0 Å². The Morgan fingerprint density at radius 3 is 1.42 bits per heavy atom. The predicted molar refractivity (Wildman–Crippen MR) is 231 cm³/mol. The zero-order valence-electron chi connectivity index (χ0n) is 32.5. The number of nitrogens with zero attached hydrogens (tertiary/aromatic N) is 1. The molecular weight excluding hydrogens is 686 g/mol. The van der Waals surface area contributed by atoms with Crippen molar-refractivity contribution in [1.82, 2.24) is 0 Å². The molecule has 10 rings (SSSR count). The maximum atomic E-state index is 16.5. The molecule has 2 aliphatic heterocycles. The quantitative estimate of drug-likeness (QED) is 0.169. The molecule has 0 N–H and O–H groups in total. The minimum absolute atomic E-state index is 0.0564. The van der Waals surface area contributed by atoms with Gasteiger partial charge in [0.05, 0.1) is 17.1 Å². The molecule has 1 unspecified atom stereocenters. The van der Waals surface area contributed by atoms with Crippen LogP contribution in [0.5, 0.6) is 0 Å². The zero-order chi connectivity index (χ0) is 37.9. The lowest BCUT2D eigenvalue weighted by molar-refractivity contribution is 0.585. The van der Waals surface area contributed by atoms with Crippen molar-refractivity contribution < 1.29 is 4.57 Å². The van der Waals surface area contributed by atoms with E-state index >= 15 is 4.57 Å². The number of para-hydroxylation sites is 2. The number of anilines is 3. The summed E-state index contributed by atoms with van der Waals surface area (Å²) < 4.78 is 16.5. The molecule has 1 atom stereocenters. The summed E-state index contributed by atoms with van der Waals surface area (Å²) in [7, 11) is -3.34. The highest BCUT2D eigenvalue weighted by atomic mass is 31.2. The van der Waals surface area contributed by atoms with Crippen molar-refractivity contribution in [2.45, 2.75) is 63.7 Å². The highest BCUT2D eigenvalue weighted by Gasteiger charge is 2.48. The van der Waals surface area contributed by atoms with Gasteiger partial charge in [0, 0.05) is 38.1 Å².